The number of methoxy groups -OCH3 is 1. The number of hydrogen-bond donors (Lipinski definition) is 2. The Bertz CT molecular complexity index is 473. The highest BCUT2D eigenvalue weighted by atomic mass is 32.2. The topological polar surface area (TPSA) is 103 Å². The molecule has 0 spiro atoms. The molecule has 0 fully saturated rings. The fourth-order valence-corrected chi connectivity index (χ4v) is 2.99. The summed E-state index contributed by atoms with van der Waals surface area (Å²) in [5, 5.41) is 15.1. The molecular weight excluding hydrogens is 252 g/mol. The number of primary sulfonamides is 1. The summed E-state index contributed by atoms with van der Waals surface area (Å²) in [6, 6.07) is 0. The van der Waals surface area contributed by atoms with E-state index in [4.69, 9.17) is 9.88 Å². The quantitative estimate of drug-likeness (QED) is 0.808. The Kier molecular flexibility index (Phi) is 3.70. The third-order valence-corrected chi connectivity index (χ3v) is 4.63. The summed E-state index contributed by atoms with van der Waals surface area (Å²) >= 11 is 0.859. The minimum absolute atomic E-state index is 0.0400. The van der Waals surface area contributed by atoms with Crippen molar-refractivity contribution in [3.63, 3.8) is 0 Å². The highest BCUT2D eigenvalue weighted by molar-refractivity contribution is 7.91. The van der Waals surface area contributed by atoms with Crippen LogP contribution in [0, 0.1) is 0 Å². The number of nitrogens with zero attached hydrogens (tertiary/aromatic N) is 1. The monoisotopic (exact) mass is 266 g/mol. The largest absolute Gasteiger partial charge is 0.383 e. The molecule has 0 saturated carbocycles. The van der Waals surface area contributed by atoms with E-state index in [0.29, 0.717) is 5.01 Å². The normalized spacial score (nSPS) is 13.1. The number of aromatic nitrogens is 1. The fraction of sp³-hybridized carbons (Fsp3) is 0.625. The summed E-state index contributed by atoms with van der Waals surface area (Å²) in [6.07, 6.45) is 0. The number of nitrogens with two attached hydrogens (primary N) is 1. The van der Waals surface area contributed by atoms with Crippen LogP contribution in [0.2, 0.25) is 0 Å². The molecule has 8 heteroatoms. The molecule has 1 rings (SSSR count). The Morgan fingerprint density at radius 2 is 2.12 bits per heavy atom. The van der Waals surface area contributed by atoms with E-state index in [1.165, 1.54) is 21.0 Å². The van der Waals surface area contributed by atoms with Crippen LogP contribution in [0.5, 0.6) is 0 Å². The minimum atomic E-state index is -3.83. The van der Waals surface area contributed by atoms with Gasteiger partial charge >= 0.3 is 0 Å². The van der Waals surface area contributed by atoms with Gasteiger partial charge in [-0.3, -0.25) is 0 Å². The molecule has 0 atom stereocenters. The van der Waals surface area contributed by atoms with Crippen molar-refractivity contribution in [1.82, 2.24) is 4.98 Å². The van der Waals surface area contributed by atoms with Gasteiger partial charge in [0.2, 0.25) is 10.0 Å². The summed E-state index contributed by atoms with van der Waals surface area (Å²) in [5.41, 5.74) is -0.969. The maximum atomic E-state index is 11.3. The van der Waals surface area contributed by atoms with E-state index in [0.717, 1.165) is 11.3 Å². The van der Waals surface area contributed by atoms with Gasteiger partial charge in [0.15, 0.2) is 4.21 Å². The molecule has 6 nitrogen and oxygen atoms in total. The highest BCUT2D eigenvalue weighted by Crippen LogP contribution is 2.30. The Morgan fingerprint density at radius 1 is 1.56 bits per heavy atom. The number of sulfonamides is 1. The summed E-state index contributed by atoms with van der Waals surface area (Å²) in [5.74, 6) is 0. The van der Waals surface area contributed by atoms with Crippen LogP contribution in [0.4, 0.5) is 0 Å². The molecule has 0 unspecified atom stereocenters. The minimum Gasteiger partial charge on any atom is -0.383 e. The number of rotatable bonds is 4. The molecule has 0 radical (unpaired) electrons. The maximum absolute atomic E-state index is 11.3. The van der Waals surface area contributed by atoms with E-state index < -0.39 is 15.6 Å². The number of thiazole rings is 1. The first-order valence-electron chi connectivity index (χ1n) is 4.40. The molecule has 0 saturated heterocycles. The Balaban J connectivity index is 3.32. The van der Waals surface area contributed by atoms with Gasteiger partial charge in [0.1, 0.15) is 10.6 Å². The van der Waals surface area contributed by atoms with Crippen LogP contribution in [0.1, 0.15) is 24.5 Å². The average Bonchev–Trinajstić information content (AvgIpc) is 2.46. The first-order valence-corrected chi connectivity index (χ1v) is 6.77. The van der Waals surface area contributed by atoms with Crippen molar-refractivity contribution in [2.24, 2.45) is 5.14 Å². The molecule has 1 aromatic rings. The average molecular weight is 266 g/mol. The number of hydrogen-bond acceptors (Lipinski definition) is 6. The zero-order valence-electron chi connectivity index (χ0n) is 9.22. The molecule has 0 amide bonds. The second-order valence-electron chi connectivity index (χ2n) is 3.79. The van der Waals surface area contributed by atoms with Crippen LogP contribution < -0.4 is 5.14 Å². The molecule has 0 aliphatic carbocycles. The van der Waals surface area contributed by atoms with Gasteiger partial charge < -0.3 is 9.84 Å². The van der Waals surface area contributed by atoms with Crippen LogP contribution in [0.3, 0.4) is 0 Å². The first-order chi connectivity index (χ1) is 7.16. The van der Waals surface area contributed by atoms with E-state index in [1.54, 1.807) is 0 Å². The van der Waals surface area contributed by atoms with E-state index in [1.807, 2.05) is 0 Å². The zero-order chi connectivity index (χ0) is 12.6. The van der Waals surface area contributed by atoms with Crippen molar-refractivity contribution < 1.29 is 18.3 Å². The lowest BCUT2D eigenvalue weighted by Gasteiger charge is -2.12. The van der Waals surface area contributed by atoms with Gasteiger partial charge in [0, 0.05) is 7.11 Å². The Hall–Kier alpha value is -0.540. The number of ether oxygens (including phenoxy) is 1. The standard InChI is InChI=1S/C8H14N2O4S2/c1-8(2,11)7-10-5(4-14-3)6(15-7)16(9,12)13/h11H,4H2,1-3H3,(H2,9,12,13). The van der Waals surface area contributed by atoms with E-state index in [-0.39, 0.29) is 16.5 Å². The molecule has 0 bridgehead atoms. The van der Waals surface area contributed by atoms with Gasteiger partial charge in [-0.05, 0) is 13.8 Å². The second-order valence-corrected chi connectivity index (χ2v) is 6.55. The summed E-state index contributed by atoms with van der Waals surface area (Å²) in [4.78, 5) is 4.02. The zero-order valence-corrected chi connectivity index (χ0v) is 10.9. The highest BCUT2D eigenvalue weighted by Gasteiger charge is 2.27. The van der Waals surface area contributed by atoms with E-state index in [2.05, 4.69) is 4.98 Å². The van der Waals surface area contributed by atoms with Crippen molar-refractivity contribution in [3.8, 4) is 0 Å². The van der Waals surface area contributed by atoms with Crippen molar-refractivity contribution in [2.45, 2.75) is 30.3 Å². The van der Waals surface area contributed by atoms with Crippen molar-refractivity contribution in [2.75, 3.05) is 7.11 Å². The molecular formula is C8H14N2O4S2. The molecule has 16 heavy (non-hydrogen) atoms. The molecule has 1 aromatic heterocycles. The van der Waals surface area contributed by atoms with Crippen molar-refractivity contribution in [3.05, 3.63) is 10.7 Å². The third kappa shape index (κ3) is 2.98. The molecule has 1 heterocycles. The lowest BCUT2D eigenvalue weighted by Crippen LogP contribution is -2.15. The van der Waals surface area contributed by atoms with Gasteiger partial charge in [0.25, 0.3) is 0 Å². The Labute approximate surface area is 98.1 Å². The lowest BCUT2D eigenvalue weighted by molar-refractivity contribution is 0.0776. The molecule has 0 aliphatic rings. The second kappa shape index (κ2) is 4.38. The molecule has 0 aliphatic heterocycles. The summed E-state index contributed by atoms with van der Waals surface area (Å²) in [6.45, 7) is 3.09. The fourth-order valence-electron chi connectivity index (χ4n) is 1.05. The van der Waals surface area contributed by atoms with Gasteiger partial charge in [-0.1, -0.05) is 0 Å². The van der Waals surface area contributed by atoms with E-state index in [9.17, 15) is 13.5 Å². The first kappa shape index (κ1) is 13.5. The summed E-state index contributed by atoms with van der Waals surface area (Å²) in [7, 11) is -2.40. The SMILES string of the molecule is COCc1nc(C(C)(C)O)sc1S(N)(=O)=O. The Morgan fingerprint density at radius 3 is 2.50 bits per heavy atom. The van der Waals surface area contributed by atoms with Crippen LogP contribution in [-0.2, 0) is 27.0 Å². The van der Waals surface area contributed by atoms with Gasteiger partial charge in [-0.15, -0.1) is 11.3 Å². The van der Waals surface area contributed by atoms with E-state index >= 15 is 0 Å². The van der Waals surface area contributed by atoms with Gasteiger partial charge in [-0.25, -0.2) is 18.5 Å². The van der Waals surface area contributed by atoms with Gasteiger partial charge in [0.05, 0.1) is 12.3 Å². The van der Waals surface area contributed by atoms with Crippen molar-refractivity contribution in [1.29, 1.82) is 0 Å². The molecule has 0 aromatic carbocycles. The maximum Gasteiger partial charge on any atom is 0.249 e. The predicted octanol–water partition coefficient (Wildman–Crippen LogP) is 0.164. The number of aliphatic hydroxyl groups is 1. The predicted molar refractivity (Wildman–Crippen MR) is 59.4 cm³/mol. The molecule has 3 N–H and O–H groups in total. The van der Waals surface area contributed by atoms with Crippen LogP contribution in [-0.4, -0.2) is 25.6 Å². The summed E-state index contributed by atoms with van der Waals surface area (Å²) < 4.78 is 27.3. The lowest BCUT2D eigenvalue weighted by atomic mass is 10.2. The third-order valence-electron chi connectivity index (χ3n) is 1.72. The van der Waals surface area contributed by atoms with Crippen LogP contribution in [0.15, 0.2) is 4.21 Å². The van der Waals surface area contributed by atoms with Gasteiger partial charge in [-0.2, -0.15) is 0 Å². The van der Waals surface area contributed by atoms with Crippen LogP contribution in [0.25, 0.3) is 0 Å². The van der Waals surface area contributed by atoms with Crippen molar-refractivity contribution >= 4 is 21.4 Å². The van der Waals surface area contributed by atoms with Crippen LogP contribution >= 0.6 is 11.3 Å². The smallest absolute Gasteiger partial charge is 0.249 e. The molecule has 92 valence electrons.